The van der Waals surface area contributed by atoms with Crippen molar-refractivity contribution in [3.8, 4) is 0 Å². The quantitative estimate of drug-likeness (QED) is 0.576. The van der Waals surface area contributed by atoms with E-state index in [-0.39, 0.29) is 18.3 Å². The van der Waals surface area contributed by atoms with Crippen LogP contribution in [0.5, 0.6) is 0 Å². The number of halogens is 1. The molecule has 4 N–H and O–H groups in total. The molecule has 2 aromatic carbocycles. The summed E-state index contributed by atoms with van der Waals surface area (Å²) in [5.41, 5.74) is 13.1. The van der Waals surface area contributed by atoms with E-state index in [1.165, 1.54) is 0 Å². The maximum absolute atomic E-state index is 5.93. The van der Waals surface area contributed by atoms with E-state index in [2.05, 4.69) is 15.9 Å². The molecule has 0 aromatic heterocycles. The Kier molecular flexibility index (Phi) is 5.63. The fourth-order valence-corrected chi connectivity index (χ4v) is 2.61. The van der Waals surface area contributed by atoms with Crippen molar-refractivity contribution < 1.29 is 9.31 Å². The first-order chi connectivity index (χ1) is 11.1. The van der Waals surface area contributed by atoms with Gasteiger partial charge in [-0.05, 0) is 63.5 Å². The van der Waals surface area contributed by atoms with E-state index in [0.717, 1.165) is 21.3 Å². The molecule has 6 heteroatoms. The molecule has 1 saturated heterocycles. The lowest BCUT2D eigenvalue weighted by molar-refractivity contribution is 0.00578. The summed E-state index contributed by atoms with van der Waals surface area (Å²) in [6.07, 6.45) is 0. The normalized spacial score (nSPS) is 18.0. The molecular weight excluding hydrogens is 367 g/mol. The van der Waals surface area contributed by atoms with Crippen molar-refractivity contribution in [2.24, 2.45) is 0 Å². The molecule has 0 amide bonds. The lowest BCUT2D eigenvalue weighted by Crippen LogP contribution is -2.41. The predicted octanol–water partition coefficient (Wildman–Crippen LogP) is 3.60. The number of rotatable bonds is 1. The molecule has 0 aliphatic carbocycles. The van der Waals surface area contributed by atoms with Gasteiger partial charge in [0.05, 0.1) is 11.2 Å². The molecule has 3 rings (SSSR count). The molecule has 0 spiro atoms. The lowest BCUT2D eigenvalue weighted by atomic mass is 9.79. The molecular formula is C18H24BBrN2O2. The van der Waals surface area contributed by atoms with Crippen molar-refractivity contribution in [3.63, 3.8) is 0 Å². The van der Waals surface area contributed by atoms with Crippen molar-refractivity contribution in [2.75, 3.05) is 11.5 Å². The average Bonchev–Trinajstić information content (AvgIpc) is 2.68. The highest BCUT2D eigenvalue weighted by atomic mass is 79.9. The number of benzene rings is 2. The van der Waals surface area contributed by atoms with Gasteiger partial charge in [-0.3, -0.25) is 0 Å². The number of nitrogens with two attached hydrogens (primary N) is 2. The molecule has 24 heavy (non-hydrogen) atoms. The maximum atomic E-state index is 5.93. The van der Waals surface area contributed by atoms with Crippen LogP contribution in [0.2, 0.25) is 0 Å². The SMILES string of the molecule is CC1(C)OB(c2cccc(N)c2)OC1(C)C.Nc1cccc(Br)c1. The van der Waals surface area contributed by atoms with Gasteiger partial charge in [-0.25, -0.2) is 0 Å². The molecule has 1 heterocycles. The number of anilines is 2. The summed E-state index contributed by atoms with van der Waals surface area (Å²) in [7, 11) is -0.325. The minimum atomic E-state index is -0.325. The summed E-state index contributed by atoms with van der Waals surface area (Å²) >= 11 is 3.28. The topological polar surface area (TPSA) is 70.5 Å². The van der Waals surface area contributed by atoms with Crippen LogP contribution in [-0.2, 0) is 9.31 Å². The van der Waals surface area contributed by atoms with Gasteiger partial charge < -0.3 is 20.8 Å². The van der Waals surface area contributed by atoms with Crippen molar-refractivity contribution >= 4 is 39.9 Å². The van der Waals surface area contributed by atoms with Crippen LogP contribution in [0.1, 0.15) is 27.7 Å². The third kappa shape index (κ3) is 4.53. The molecule has 128 valence electrons. The Bertz CT molecular complexity index is 674. The van der Waals surface area contributed by atoms with Gasteiger partial charge in [0.15, 0.2) is 0 Å². The third-order valence-corrected chi connectivity index (χ3v) is 4.78. The van der Waals surface area contributed by atoms with E-state index >= 15 is 0 Å². The lowest BCUT2D eigenvalue weighted by Gasteiger charge is -2.32. The summed E-state index contributed by atoms with van der Waals surface area (Å²) < 4.78 is 12.9. The molecule has 2 aromatic rings. The summed E-state index contributed by atoms with van der Waals surface area (Å²) in [5.74, 6) is 0. The monoisotopic (exact) mass is 390 g/mol. The maximum Gasteiger partial charge on any atom is 0.494 e. The molecule has 4 nitrogen and oxygen atoms in total. The highest BCUT2D eigenvalue weighted by molar-refractivity contribution is 9.10. The van der Waals surface area contributed by atoms with Gasteiger partial charge in [0.25, 0.3) is 0 Å². The molecule has 1 fully saturated rings. The van der Waals surface area contributed by atoms with Crippen molar-refractivity contribution in [1.29, 1.82) is 0 Å². The third-order valence-electron chi connectivity index (χ3n) is 4.28. The van der Waals surface area contributed by atoms with Crippen LogP contribution >= 0.6 is 15.9 Å². The van der Waals surface area contributed by atoms with E-state index in [1.54, 1.807) is 0 Å². The molecule has 0 radical (unpaired) electrons. The predicted molar refractivity (Wildman–Crippen MR) is 105 cm³/mol. The number of hydrogen-bond donors (Lipinski definition) is 2. The minimum absolute atomic E-state index is 0.303. The van der Waals surface area contributed by atoms with E-state index in [4.69, 9.17) is 20.8 Å². The van der Waals surface area contributed by atoms with Gasteiger partial charge >= 0.3 is 7.12 Å². The smallest absolute Gasteiger partial charge is 0.399 e. The largest absolute Gasteiger partial charge is 0.494 e. The summed E-state index contributed by atoms with van der Waals surface area (Å²) in [5, 5.41) is 0. The van der Waals surface area contributed by atoms with Gasteiger partial charge in [0, 0.05) is 15.8 Å². The summed E-state index contributed by atoms with van der Waals surface area (Å²) in [6, 6.07) is 15.2. The molecule has 0 atom stereocenters. The highest BCUT2D eigenvalue weighted by Crippen LogP contribution is 2.36. The zero-order valence-corrected chi connectivity index (χ0v) is 16.1. The first kappa shape index (κ1) is 18.8. The minimum Gasteiger partial charge on any atom is -0.399 e. The van der Waals surface area contributed by atoms with Crippen LogP contribution in [0.3, 0.4) is 0 Å². The molecule has 1 aliphatic heterocycles. The Morgan fingerprint density at radius 1 is 0.833 bits per heavy atom. The van der Waals surface area contributed by atoms with Crippen LogP contribution in [0, 0.1) is 0 Å². The standard InChI is InChI=1S/C12H18BNO2.C6H6BrN/c1-11(2)12(3,4)16-13(15-11)9-6-5-7-10(14)8-9;7-5-2-1-3-6(8)4-5/h5-8H,14H2,1-4H3;1-4H,8H2. The molecule has 0 saturated carbocycles. The van der Waals surface area contributed by atoms with Gasteiger partial charge in [-0.15, -0.1) is 0 Å². The Balaban J connectivity index is 0.000000219. The van der Waals surface area contributed by atoms with Crippen molar-refractivity contribution in [3.05, 3.63) is 53.0 Å². The van der Waals surface area contributed by atoms with Crippen LogP contribution in [0.25, 0.3) is 0 Å². The zero-order valence-electron chi connectivity index (χ0n) is 14.5. The van der Waals surface area contributed by atoms with Crippen molar-refractivity contribution in [2.45, 2.75) is 38.9 Å². The number of nitrogen functional groups attached to an aromatic ring is 2. The van der Waals surface area contributed by atoms with Crippen molar-refractivity contribution in [1.82, 2.24) is 0 Å². The highest BCUT2D eigenvalue weighted by Gasteiger charge is 2.51. The molecule has 0 unspecified atom stereocenters. The van der Waals surface area contributed by atoms with Gasteiger partial charge in [0.1, 0.15) is 0 Å². The van der Waals surface area contributed by atoms with Crippen LogP contribution < -0.4 is 16.9 Å². The van der Waals surface area contributed by atoms with Crippen LogP contribution in [0.4, 0.5) is 11.4 Å². The Morgan fingerprint density at radius 2 is 1.33 bits per heavy atom. The number of hydrogen-bond acceptors (Lipinski definition) is 4. The summed E-state index contributed by atoms with van der Waals surface area (Å²) in [6.45, 7) is 8.16. The van der Waals surface area contributed by atoms with E-state index in [0.29, 0.717) is 0 Å². The Labute approximate surface area is 152 Å². The van der Waals surface area contributed by atoms with Crippen LogP contribution in [0.15, 0.2) is 53.0 Å². The first-order valence-corrected chi connectivity index (χ1v) is 8.62. The second-order valence-corrected chi connectivity index (χ2v) is 7.73. The van der Waals surface area contributed by atoms with Gasteiger partial charge in [0.2, 0.25) is 0 Å². The Morgan fingerprint density at radius 3 is 1.75 bits per heavy atom. The summed E-state index contributed by atoms with van der Waals surface area (Å²) in [4.78, 5) is 0. The second-order valence-electron chi connectivity index (χ2n) is 6.81. The van der Waals surface area contributed by atoms with Gasteiger partial charge in [-0.1, -0.05) is 34.1 Å². The molecule has 1 aliphatic rings. The van der Waals surface area contributed by atoms with E-state index in [1.807, 2.05) is 76.2 Å². The first-order valence-electron chi connectivity index (χ1n) is 7.83. The van der Waals surface area contributed by atoms with E-state index < -0.39 is 0 Å². The Hall–Kier alpha value is -1.50. The van der Waals surface area contributed by atoms with Gasteiger partial charge in [-0.2, -0.15) is 0 Å². The fraction of sp³-hybridized carbons (Fsp3) is 0.333. The fourth-order valence-electron chi connectivity index (χ4n) is 2.19. The van der Waals surface area contributed by atoms with Crippen LogP contribution in [-0.4, -0.2) is 18.3 Å². The zero-order chi connectivity index (χ0) is 18.0. The van der Waals surface area contributed by atoms with E-state index in [9.17, 15) is 0 Å². The molecule has 0 bridgehead atoms. The second kappa shape index (κ2) is 7.17. The average molecular weight is 391 g/mol.